The number of aliphatic hydroxyl groups is 1. The third-order valence-electron chi connectivity index (χ3n) is 9.68. The summed E-state index contributed by atoms with van der Waals surface area (Å²) in [6.07, 6.45) is 1.81. The highest BCUT2D eigenvalue weighted by Crippen LogP contribution is 2.62. The molecule has 2 aromatic rings. The molecule has 0 saturated heterocycles. The normalized spacial score (nSPS) is 33.9. The minimum Gasteiger partial charge on any atom is -0.458 e. The summed E-state index contributed by atoms with van der Waals surface area (Å²) in [4.78, 5) is 57.4. The van der Waals surface area contributed by atoms with Crippen molar-refractivity contribution in [3.05, 3.63) is 89.8 Å². The summed E-state index contributed by atoms with van der Waals surface area (Å²) in [5.74, 6) is -4.24. The fourth-order valence-corrected chi connectivity index (χ4v) is 7.17. The number of allylic oxidation sites excluding steroid dienone is 1. The first kappa shape index (κ1) is 31.3. The Kier molecular flexibility index (Phi) is 8.37. The number of fused-ring (bicyclic) bond motifs is 2. The number of rotatable bonds is 5. The van der Waals surface area contributed by atoms with E-state index in [0.717, 1.165) is 0 Å². The Balaban J connectivity index is 1.61. The molecule has 0 spiro atoms. The second-order valence-electron chi connectivity index (χ2n) is 13.0. The van der Waals surface area contributed by atoms with Crippen LogP contribution in [0.15, 0.2) is 78.7 Å². The molecule has 0 amide bonds. The lowest BCUT2D eigenvalue weighted by molar-refractivity contribution is -0.162. The van der Waals surface area contributed by atoms with E-state index in [0.29, 0.717) is 17.6 Å². The van der Waals surface area contributed by atoms with Gasteiger partial charge in [0.05, 0.1) is 17.0 Å². The van der Waals surface area contributed by atoms with Crippen molar-refractivity contribution in [2.45, 2.75) is 71.4 Å². The van der Waals surface area contributed by atoms with Gasteiger partial charge in [-0.3, -0.25) is 14.6 Å². The van der Waals surface area contributed by atoms with Crippen LogP contribution in [0.1, 0.15) is 68.2 Å². The topological polar surface area (TPSA) is 129 Å². The van der Waals surface area contributed by atoms with Gasteiger partial charge in [0.25, 0.3) is 0 Å². The van der Waals surface area contributed by atoms with Crippen molar-refractivity contribution >= 4 is 23.7 Å². The maximum atomic E-state index is 14.2. The standard InChI is InChI=1S/C35H39NO8/c1-19-15-25-26(34(25,5)6)16-27(43-33(40)24-13-10-14-36-18-24)21(3)30(42-22(4)37)28-29(20(2)17-35(28,41)31(19)38)44-32(39)23-11-8-7-9-12-23/h7-15,18,20,25-30,41H,3,16-17H2,1-2,4-6H3/b19-15+/t20-,25+,26-,27-,28+,29+,30?,35+/m0/s1. The fourth-order valence-electron chi connectivity index (χ4n) is 7.17. The Hall–Kier alpha value is -4.11. The monoisotopic (exact) mass is 601 g/mol. The van der Waals surface area contributed by atoms with Crippen molar-refractivity contribution in [2.24, 2.45) is 29.1 Å². The first-order chi connectivity index (χ1) is 20.8. The molecule has 8 atom stereocenters. The summed E-state index contributed by atoms with van der Waals surface area (Å²) in [6, 6.07) is 11.6. The van der Waals surface area contributed by atoms with Crippen LogP contribution in [0.5, 0.6) is 0 Å². The van der Waals surface area contributed by atoms with Crippen LogP contribution in [-0.4, -0.2) is 57.7 Å². The van der Waals surface area contributed by atoms with E-state index in [9.17, 15) is 24.3 Å². The summed E-state index contributed by atoms with van der Waals surface area (Å²) in [5, 5.41) is 12.3. The van der Waals surface area contributed by atoms with Gasteiger partial charge in [-0.15, -0.1) is 0 Å². The maximum absolute atomic E-state index is 14.2. The summed E-state index contributed by atoms with van der Waals surface area (Å²) in [5.41, 5.74) is -1.20. The van der Waals surface area contributed by atoms with Crippen LogP contribution in [0.4, 0.5) is 0 Å². The van der Waals surface area contributed by atoms with Crippen LogP contribution < -0.4 is 0 Å². The zero-order valence-electron chi connectivity index (χ0n) is 25.7. The molecular formula is C35H39NO8. The van der Waals surface area contributed by atoms with E-state index in [1.165, 1.54) is 13.1 Å². The molecule has 9 nitrogen and oxygen atoms in total. The number of Topliss-reactive ketones (excluding diaryl/α,β-unsaturated/α-hetero) is 1. The van der Waals surface area contributed by atoms with Gasteiger partial charge in [-0.2, -0.15) is 0 Å². The highest BCUT2D eigenvalue weighted by Gasteiger charge is 2.64. The molecular weight excluding hydrogens is 562 g/mol. The molecule has 9 heteroatoms. The average molecular weight is 602 g/mol. The van der Waals surface area contributed by atoms with Crippen molar-refractivity contribution in [3.63, 3.8) is 0 Å². The molecule has 5 rings (SSSR count). The van der Waals surface area contributed by atoms with Crippen molar-refractivity contribution < 1.29 is 38.5 Å². The number of carbonyl (C=O) groups is 4. The number of benzene rings is 1. The Labute approximate surface area is 257 Å². The van der Waals surface area contributed by atoms with Crippen molar-refractivity contribution in [3.8, 4) is 0 Å². The Morgan fingerprint density at radius 2 is 1.66 bits per heavy atom. The molecule has 1 aromatic heterocycles. The highest BCUT2D eigenvalue weighted by atomic mass is 16.6. The number of ether oxygens (including phenoxy) is 3. The lowest BCUT2D eigenvalue weighted by Gasteiger charge is -2.39. The van der Waals surface area contributed by atoms with E-state index >= 15 is 0 Å². The number of hydrogen-bond acceptors (Lipinski definition) is 9. The molecule has 2 saturated carbocycles. The SMILES string of the molecule is C=C1C(OC(C)=O)[C@H]2[C@H](OC(=O)c3ccccc3)[C@@H](C)C[C@]2(O)C(=O)/C(C)=C/[C@@H]2[C@H](C[C@@H]1OC(=O)c1cccnc1)C2(C)C. The number of esters is 3. The molecule has 2 fully saturated rings. The van der Waals surface area contributed by atoms with Crippen LogP contribution in [0, 0.1) is 29.1 Å². The summed E-state index contributed by atoms with van der Waals surface area (Å²) < 4.78 is 17.9. The van der Waals surface area contributed by atoms with E-state index in [-0.39, 0.29) is 34.8 Å². The molecule has 3 aliphatic carbocycles. The Morgan fingerprint density at radius 3 is 2.30 bits per heavy atom. The van der Waals surface area contributed by atoms with Crippen LogP contribution in [0.25, 0.3) is 0 Å². The van der Waals surface area contributed by atoms with Crippen molar-refractivity contribution in [1.29, 1.82) is 0 Å². The first-order valence-electron chi connectivity index (χ1n) is 14.9. The van der Waals surface area contributed by atoms with Crippen molar-refractivity contribution in [2.75, 3.05) is 0 Å². The smallest absolute Gasteiger partial charge is 0.340 e. The van der Waals surface area contributed by atoms with Crippen LogP contribution in [0.2, 0.25) is 0 Å². The Bertz CT molecular complexity index is 1500. The number of hydrogen-bond donors (Lipinski definition) is 1. The van der Waals surface area contributed by atoms with Crippen LogP contribution in [-0.2, 0) is 23.8 Å². The zero-order chi connectivity index (χ0) is 32.0. The van der Waals surface area contributed by atoms with Gasteiger partial charge in [0.1, 0.15) is 23.9 Å². The van der Waals surface area contributed by atoms with Gasteiger partial charge in [0.15, 0.2) is 5.78 Å². The van der Waals surface area contributed by atoms with Gasteiger partial charge in [-0.25, -0.2) is 9.59 Å². The maximum Gasteiger partial charge on any atom is 0.340 e. The summed E-state index contributed by atoms with van der Waals surface area (Å²) >= 11 is 0. The predicted molar refractivity (Wildman–Crippen MR) is 160 cm³/mol. The molecule has 0 bridgehead atoms. The van der Waals surface area contributed by atoms with E-state index in [1.54, 1.807) is 62.5 Å². The third kappa shape index (κ3) is 5.73. The van der Waals surface area contributed by atoms with Crippen LogP contribution in [0.3, 0.4) is 0 Å². The molecule has 3 aliphatic rings. The molecule has 44 heavy (non-hydrogen) atoms. The number of carbonyl (C=O) groups excluding carboxylic acids is 4. The molecule has 232 valence electrons. The molecule has 1 N–H and O–H groups in total. The molecule has 0 aliphatic heterocycles. The van der Waals surface area contributed by atoms with Gasteiger partial charge in [-0.05, 0) is 72.8 Å². The quantitative estimate of drug-likeness (QED) is 0.289. The molecule has 1 heterocycles. The number of aromatic nitrogens is 1. The largest absolute Gasteiger partial charge is 0.458 e. The van der Waals surface area contributed by atoms with Gasteiger partial charge < -0.3 is 19.3 Å². The minimum atomic E-state index is -2.07. The van der Waals surface area contributed by atoms with E-state index in [2.05, 4.69) is 25.4 Å². The lowest BCUT2D eigenvalue weighted by Crippen LogP contribution is -2.53. The molecule has 0 radical (unpaired) electrons. The van der Waals surface area contributed by atoms with Gasteiger partial charge in [-0.1, -0.05) is 51.6 Å². The second kappa shape index (κ2) is 11.8. The Morgan fingerprint density at radius 1 is 1.00 bits per heavy atom. The van der Waals surface area contributed by atoms with Gasteiger partial charge in [0, 0.05) is 24.9 Å². The number of nitrogens with zero attached hydrogens (tertiary/aromatic N) is 1. The van der Waals surface area contributed by atoms with Crippen molar-refractivity contribution in [1.82, 2.24) is 4.98 Å². The minimum absolute atomic E-state index is 0.00453. The first-order valence-corrected chi connectivity index (χ1v) is 14.9. The number of ketones is 1. The van der Waals surface area contributed by atoms with Crippen LogP contribution >= 0.6 is 0 Å². The van der Waals surface area contributed by atoms with E-state index < -0.39 is 59.4 Å². The second-order valence-corrected chi connectivity index (χ2v) is 13.0. The zero-order valence-corrected chi connectivity index (χ0v) is 25.7. The summed E-state index contributed by atoms with van der Waals surface area (Å²) in [7, 11) is 0. The predicted octanol–water partition coefficient (Wildman–Crippen LogP) is 4.90. The fraction of sp³-hybridized carbons (Fsp3) is 0.457. The third-order valence-corrected chi connectivity index (χ3v) is 9.68. The van der Waals surface area contributed by atoms with E-state index in [4.69, 9.17) is 14.2 Å². The highest BCUT2D eigenvalue weighted by molar-refractivity contribution is 6.02. The van der Waals surface area contributed by atoms with Gasteiger partial charge >= 0.3 is 17.9 Å². The molecule has 1 unspecified atom stereocenters. The lowest BCUT2D eigenvalue weighted by atomic mass is 9.76. The molecule has 1 aromatic carbocycles. The summed E-state index contributed by atoms with van der Waals surface area (Å²) in [6.45, 7) is 13.1. The average Bonchev–Trinajstić information content (AvgIpc) is 3.38. The van der Waals surface area contributed by atoms with E-state index in [1.807, 2.05) is 6.08 Å². The number of pyridine rings is 1. The van der Waals surface area contributed by atoms with Gasteiger partial charge in [0.2, 0.25) is 0 Å².